The predicted octanol–water partition coefficient (Wildman–Crippen LogP) is 1.79. The van der Waals surface area contributed by atoms with Crippen LogP contribution >= 0.6 is 0 Å². The highest BCUT2D eigenvalue weighted by Gasteiger charge is 2.26. The minimum Gasteiger partial charge on any atom is -0.324 e. The van der Waals surface area contributed by atoms with Crippen molar-refractivity contribution < 1.29 is 8.42 Å². The van der Waals surface area contributed by atoms with Gasteiger partial charge in [0.15, 0.2) is 0 Å². The molecule has 6 nitrogen and oxygen atoms in total. The second kappa shape index (κ2) is 7.11. The number of guanidine groups is 1. The Balaban J connectivity index is 2.03. The molecule has 122 valence electrons. The van der Waals surface area contributed by atoms with Gasteiger partial charge in [-0.25, -0.2) is 13.1 Å². The van der Waals surface area contributed by atoms with Crippen molar-refractivity contribution in [2.75, 3.05) is 31.5 Å². The van der Waals surface area contributed by atoms with Crippen LogP contribution in [0.5, 0.6) is 0 Å². The zero-order valence-corrected chi connectivity index (χ0v) is 14.2. The number of hydrogen-bond donors (Lipinski definition) is 2. The molecule has 1 aromatic rings. The third kappa shape index (κ3) is 3.98. The first-order chi connectivity index (χ1) is 10.5. The second-order valence-corrected chi connectivity index (χ2v) is 6.99. The lowest BCUT2D eigenvalue weighted by Gasteiger charge is -2.22. The molecule has 7 heteroatoms. The predicted molar refractivity (Wildman–Crippen MR) is 89.8 cm³/mol. The fourth-order valence-corrected chi connectivity index (χ4v) is 3.62. The molecule has 2 N–H and O–H groups in total. The monoisotopic (exact) mass is 324 g/mol. The van der Waals surface area contributed by atoms with Crippen LogP contribution < -0.4 is 10.0 Å². The number of aryl methyl sites for hydroxylation is 1. The van der Waals surface area contributed by atoms with E-state index in [1.54, 1.807) is 12.1 Å². The standard InChI is InChI=1S/C15H24N4O2S/c1-4-19(5-2)10-6-9-16-15-17-13-8-7-12(3)11-14(13)22(20,21)18-15/h7-8,11H,4-6,9-10H2,1-3H3,(H2,16,17,18). The lowest BCUT2D eigenvalue weighted by atomic mass is 10.2. The van der Waals surface area contributed by atoms with Gasteiger partial charge in [0, 0.05) is 6.54 Å². The van der Waals surface area contributed by atoms with Crippen LogP contribution in [-0.4, -0.2) is 45.5 Å². The topological polar surface area (TPSA) is 73.8 Å². The summed E-state index contributed by atoms with van der Waals surface area (Å²) in [5, 5.41) is 3.04. The van der Waals surface area contributed by atoms with E-state index < -0.39 is 10.0 Å². The highest BCUT2D eigenvalue weighted by Crippen LogP contribution is 2.25. The van der Waals surface area contributed by atoms with Gasteiger partial charge in [-0.3, -0.25) is 4.99 Å². The summed E-state index contributed by atoms with van der Waals surface area (Å²) in [5.74, 6) is 0.302. The lowest BCUT2D eigenvalue weighted by molar-refractivity contribution is 0.302. The second-order valence-electron chi connectivity index (χ2n) is 5.34. The number of aliphatic imine (C=N–C) groups is 1. The summed E-state index contributed by atoms with van der Waals surface area (Å²) in [7, 11) is -3.53. The largest absolute Gasteiger partial charge is 0.324 e. The molecule has 1 heterocycles. The van der Waals surface area contributed by atoms with Crippen LogP contribution in [0.1, 0.15) is 25.8 Å². The maximum Gasteiger partial charge on any atom is 0.266 e. The molecule has 0 saturated carbocycles. The molecule has 22 heavy (non-hydrogen) atoms. The van der Waals surface area contributed by atoms with Crippen LogP contribution in [0.2, 0.25) is 0 Å². The van der Waals surface area contributed by atoms with Gasteiger partial charge in [0.25, 0.3) is 10.0 Å². The van der Waals surface area contributed by atoms with Gasteiger partial charge in [-0.15, -0.1) is 0 Å². The van der Waals surface area contributed by atoms with Crippen LogP contribution in [0.15, 0.2) is 28.1 Å². The molecule has 1 aromatic carbocycles. The van der Waals surface area contributed by atoms with Crippen molar-refractivity contribution in [1.82, 2.24) is 9.62 Å². The van der Waals surface area contributed by atoms with Crippen molar-refractivity contribution in [2.24, 2.45) is 4.99 Å². The maximum atomic E-state index is 12.2. The Morgan fingerprint density at radius 1 is 1.23 bits per heavy atom. The van der Waals surface area contributed by atoms with E-state index in [-0.39, 0.29) is 4.90 Å². The van der Waals surface area contributed by atoms with Crippen LogP contribution in [0, 0.1) is 6.92 Å². The number of nitrogens with one attached hydrogen (secondary N) is 2. The van der Waals surface area contributed by atoms with E-state index in [1.807, 2.05) is 13.0 Å². The molecule has 1 aliphatic heterocycles. The lowest BCUT2D eigenvalue weighted by Crippen LogP contribution is -2.41. The van der Waals surface area contributed by atoms with Crippen LogP contribution in [-0.2, 0) is 10.0 Å². The molecule has 2 rings (SSSR count). The van der Waals surface area contributed by atoms with Crippen molar-refractivity contribution >= 4 is 21.7 Å². The van der Waals surface area contributed by atoms with Gasteiger partial charge in [-0.2, -0.15) is 0 Å². The highest BCUT2D eigenvalue weighted by molar-refractivity contribution is 7.90. The van der Waals surface area contributed by atoms with E-state index in [1.165, 1.54) is 0 Å². The SMILES string of the molecule is CCN(CC)CCCN=C1Nc2ccc(C)cc2S(=O)(=O)N1. The molecule has 0 spiro atoms. The summed E-state index contributed by atoms with van der Waals surface area (Å²) in [6, 6.07) is 5.31. The summed E-state index contributed by atoms with van der Waals surface area (Å²) in [6.07, 6.45) is 0.898. The molecule has 0 aliphatic carbocycles. The average Bonchev–Trinajstić information content (AvgIpc) is 2.48. The molecule has 0 bridgehead atoms. The maximum absolute atomic E-state index is 12.2. The van der Waals surface area contributed by atoms with Crippen molar-refractivity contribution in [1.29, 1.82) is 0 Å². The number of benzene rings is 1. The van der Waals surface area contributed by atoms with E-state index >= 15 is 0 Å². The number of anilines is 1. The molecule has 1 aliphatic rings. The first-order valence-corrected chi connectivity index (χ1v) is 9.12. The first kappa shape index (κ1) is 16.8. The smallest absolute Gasteiger partial charge is 0.266 e. The van der Waals surface area contributed by atoms with Crippen LogP contribution in [0.4, 0.5) is 5.69 Å². The van der Waals surface area contributed by atoms with Gasteiger partial charge in [-0.1, -0.05) is 19.9 Å². The van der Waals surface area contributed by atoms with Gasteiger partial charge >= 0.3 is 0 Å². The first-order valence-electron chi connectivity index (χ1n) is 7.63. The van der Waals surface area contributed by atoms with Gasteiger partial charge in [-0.05, 0) is 50.7 Å². The fraction of sp³-hybridized carbons (Fsp3) is 0.533. The molecular weight excluding hydrogens is 300 g/mol. The van der Waals surface area contributed by atoms with Gasteiger partial charge in [0.1, 0.15) is 4.90 Å². The normalized spacial score (nSPS) is 17.9. The Labute approximate surface area is 132 Å². The van der Waals surface area contributed by atoms with Crippen molar-refractivity contribution in [3.05, 3.63) is 23.8 Å². The minimum atomic E-state index is -3.53. The quantitative estimate of drug-likeness (QED) is 0.783. The summed E-state index contributed by atoms with van der Waals surface area (Å²) in [5.41, 5.74) is 1.48. The summed E-state index contributed by atoms with van der Waals surface area (Å²) in [6.45, 7) is 9.72. The Kier molecular flexibility index (Phi) is 5.42. The fourth-order valence-electron chi connectivity index (χ4n) is 2.39. The molecule has 0 fully saturated rings. The Hall–Kier alpha value is -1.60. The van der Waals surface area contributed by atoms with Gasteiger partial charge < -0.3 is 10.2 Å². The van der Waals surface area contributed by atoms with Crippen molar-refractivity contribution in [3.8, 4) is 0 Å². The average molecular weight is 324 g/mol. The summed E-state index contributed by atoms with van der Waals surface area (Å²) in [4.78, 5) is 6.92. The van der Waals surface area contributed by atoms with Crippen molar-refractivity contribution in [3.63, 3.8) is 0 Å². The molecular formula is C15H24N4O2S. The molecule has 0 atom stereocenters. The van der Waals surface area contributed by atoms with E-state index in [4.69, 9.17) is 0 Å². The van der Waals surface area contributed by atoms with E-state index in [9.17, 15) is 8.42 Å². The molecule has 0 saturated heterocycles. The number of sulfonamides is 1. The molecule has 0 aromatic heterocycles. The number of fused-ring (bicyclic) bond motifs is 1. The van der Waals surface area contributed by atoms with E-state index in [0.29, 0.717) is 18.2 Å². The number of rotatable bonds is 6. The molecule has 0 amide bonds. The van der Waals surface area contributed by atoms with E-state index in [2.05, 4.69) is 33.8 Å². The summed E-state index contributed by atoms with van der Waals surface area (Å²) < 4.78 is 26.9. The van der Waals surface area contributed by atoms with Crippen LogP contribution in [0.3, 0.4) is 0 Å². The van der Waals surface area contributed by atoms with Crippen LogP contribution in [0.25, 0.3) is 0 Å². The molecule has 0 radical (unpaired) electrons. The zero-order chi connectivity index (χ0) is 16.2. The Bertz CT molecular complexity index is 652. The zero-order valence-electron chi connectivity index (χ0n) is 13.4. The molecule has 0 unspecified atom stereocenters. The van der Waals surface area contributed by atoms with Gasteiger partial charge in [0.2, 0.25) is 5.96 Å². The third-order valence-electron chi connectivity index (χ3n) is 3.71. The minimum absolute atomic E-state index is 0.273. The Morgan fingerprint density at radius 3 is 2.64 bits per heavy atom. The van der Waals surface area contributed by atoms with E-state index in [0.717, 1.165) is 31.6 Å². The summed E-state index contributed by atoms with van der Waals surface area (Å²) >= 11 is 0. The third-order valence-corrected chi connectivity index (χ3v) is 5.09. The van der Waals surface area contributed by atoms with Crippen molar-refractivity contribution in [2.45, 2.75) is 32.1 Å². The number of nitrogens with zero attached hydrogens (tertiary/aromatic N) is 2. The Morgan fingerprint density at radius 2 is 1.95 bits per heavy atom. The highest BCUT2D eigenvalue weighted by atomic mass is 32.2. The number of hydrogen-bond acceptors (Lipinski definition) is 4. The van der Waals surface area contributed by atoms with Gasteiger partial charge in [0.05, 0.1) is 5.69 Å².